The fourth-order valence-corrected chi connectivity index (χ4v) is 1.66. The standard InChI is InChI=1S/C12H16N2O3/c1-4-17-12(16)11-8(2)5-10(6-13-7-15)14-9(11)3/h5,7H,4,6H2,1-3H3,(H,13,15). The van der Waals surface area contributed by atoms with Crippen LogP contribution in [-0.4, -0.2) is 24.0 Å². The molecule has 0 unspecified atom stereocenters. The van der Waals surface area contributed by atoms with Crippen LogP contribution in [0.25, 0.3) is 0 Å². The van der Waals surface area contributed by atoms with Crippen molar-refractivity contribution in [1.29, 1.82) is 0 Å². The van der Waals surface area contributed by atoms with Crippen molar-refractivity contribution in [3.8, 4) is 0 Å². The Morgan fingerprint density at radius 3 is 2.76 bits per heavy atom. The van der Waals surface area contributed by atoms with Gasteiger partial charge in [-0.15, -0.1) is 0 Å². The highest BCUT2D eigenvalue weighted by Gasteiger charge is 2.15. The van der Waals surface area contributed by atoms with E-state index in [4.69, 9.17) is 4.74 Å². The average Bonchev–Trinajstić information content (AvgIpc) is 2.25. The molecule has 17 heavy (non-hydrogen) atoms. The highest BCUT2D eigenvalue weighted by atomic mass is 16.5. The molecule has 0 radical (unpaired) electrons. The minimum absolute atomic E-state index is 0.339. The molecule has 0 aliphatic carbocycles. The molecule has 1 aromatic heterocycles. The zero-order chi connectivity index (χ0) is 12.8. The third kappa shape index (κ3) is 3.27. The largest absolute Gasteiger partial charge is 0.462 e. The number of hydrogen-bond donors (Lipinski definition) is 1. The lowest BCUT2D eigenvalue weighted by molar-refractivity contribution is -0.109. The van der Waals surface area contributed by atoms with Crippen molar-refractivity contribution in [2.24, 2.45) is 0 Å². The van der Waals surface area contributed by atoms with E-state index in [1.54, 1.807) is 19.9 Å². The predicted molar refractivity (Wildman–Crippen MR) is 62.6 cm³/mol. The molecule has 0 saturated carbocycles. The zero-order valence-corrected chi connectivity index (χ0v) is 10.2. The van der Waals surface area contributed by atoms with Crippen LogP contribution in [0, 0.1) is 13.8 Å². The number of amides is 1. The van der Waals surface area contributed by atoms with E-state index in [0.717, 1.165) is 11.3 Å². The first-order valence-electron chi connectivity index (χ1n) is 5.41. The van der Waals surface area contributed by atoms with Gasteiger partial charge in [-0.2, -0.15) is 0 Å². The number of carbonyl (C=O) groups excluding carboxylic acids is 2. The smallest absolute Gasteiger partial charge is 0.340 e. The van der Waals surface area contributed by atoms with Gasteiger partial charge < -0.3 is 10.1 Å². The number of hydrogen-bond acceptors (Lipinski definition) is 4. The second-order valence-electron chi connectivity index (χ2n) is 3.61. The molecule has 1 aromatic rings. The Bertz CT molecular complexity index is 407. The van der Waals surface area contributed by atoms with E-state index in [1.807, 2.05) is 6.92 Å². The Hall–Kier alpha value is -1.91. The van der Waals surface area contributed by atoms with Gasteiger partial charge >= 0.3 is 5.97 Å². The first kappa shape index (κ1) is 13.2. The topological polar surface area (TPSA) is 68.3 Å². The molecule has 0 fully saturated rings. The quantitative estimate of drug-likeness (QED) is 0.614. The van der Waals surface area contributed by atoms with Gasteiger partial charge in [0.15, 0.2) is 0 Å². The SMILES string of the molecule is CCOC(=O)c1c(C)cc(CNC=O)nc1C. The van der Waals surface area contributed by atoms with Gasteiger partial charge in [-0.25, -0.2) is 4.79 Å². The normalized spacial score (nSPS) is 9.82. The lowest BCUT2D eigenvalue weighted by Crippen LogP contribution is -2.15. The van der Waals surface area contributed by atoms with Crippen LogP contribution in [0.2, 0.25) is 0 Å². The third-order valence-corrected chi connectivity index (χ3v) is 2.30. The summed E-state index contributed by atoms with van der Waals surface area (Å²) in [5.41, 5.74) is 2.65. The number of carbonyl (C=O) groups is 2. The van der Waals surface area contributed by atoms with Crippen LogP contribution in [0.1, 0.15) is 34.2 Å². The van der Waals surface area contributed by atoms with Crippen LogP contribution in [0.4, 0.5) is 0 Å². The third-order valence-electron chi connectivity index (χ3n) is 2.30. The molecule has 5 heteroatoms. The van der Waals surface area contributed by atoms with Gasteiger partial charge in [0.05, 0.1) is 30.1 Å². The Morgan fingerprint density at radius 1 is 1.53 bits per heavy atom. The summed E-state index contributed by atoms with van der Waals surface area (Å²) in [5, 5.41) is 2.53. The molecule has 0 saturated heterocycles. The highest BCUT2D eigenvalue weighted by Crippen LogP contribution is 2.14. The van der Waals surface area contributed by atoms with Crippen LogP contribution in [0.5, 0.6) is 0 Å². The molecule has 1 N–H and O–H groups in total. The zero-order valence-electron chi connectivity index (χ0n) is 10.2. The monoisotopic (exact) mass is 236 g/mol. The van der Waals surface area contributed by atoms with Crippen molar-refractivity contribution < 1.29 is 14.3 Å². The van der Waals surface area contributed by atoms with Crippen molar-refractivity contribution in [2.75, 3.05) is 6.61 Å². The molecule has 1 heterocycles. The van der Waals surface area contributed by atoms with Gasteiger partial charge in [0, 0.05) is 0 Å². The average molecular weight is 236 g/mol. The Morgan fingerprint density at radius 2 is 2.24 bits per heavy atom. The molecule has 1 amide bonds. The molecule has 0 aliphatic rings. The number of nitrogens with one attached hydrogen (secondary N) is 1. The maximum absolute atomic E-state index is 11.7. The molecule has 92 valence electrons. The number of nitrogens with zero attached hydrogens (tertiary/aromatic N) is 1. The second-order valence-corrected chi connectivity index (χ2v) is 3.61. The van der Waals surface area contributed by atoms with Crippen molar-refractivity contribution in [3.63, 3.8) is 0 Å². The van der Waals surface area contributed by atoms with E-state index in [2.05, 4.69) is 10.3 Å². The Labute approximate surface area is 100 Å². The van der Waals surface area contributed by atoms with Gasteiger partial charge in [0.25, 0.3) is 0 Å². The van der Waals surface area contributed by atoms with E-state index >= 15 is 0 Å². The van der Waals surface area contributed by atoms with Crippen LogP contribution >= 0.6 is 0 Å². The van der Waals surface area contributed by atoms with Crippen LogP contribution < -0.4 is 5.32 Å². The maximum atomic E-state index is 11.7. The van der Waals surface area contributed by atoms with E-state index < -0.39 is 0 Å². The number of rotatable bonds is 5. The highest BCUT2D eigenvalue weighted by molar-refractivity contribution is 5.92. The Balaban J connectivity index is 3.01. The summed E-state index contributed by atoms with van der Waals surface area (Å²) in [7, 11) is 0. The number of aryl methyl sites for hydroxylation is 2. The number of ether oxygens (including phenoxy) is 1. The summed E-state index contributed by atoms with van der Waals surface area (Å²) in [6.45, 7) is 6.04. The van der Waals surface area contributed by atoms with Crippen molar-refractivity contribution >= 4 is 12.4 Å². The lowest BCUT2D eigenvalue weighted by Gasteiger charge is -2.10. The molecule has 0 bridgehead atoms. The summed E-state index contributed by atoms with van der Waals surface area (Å²) < 4.78 is 4.96. The summed E-state index contributed by atoms with van der Waals surface area (Å²) >= 11 is 0. The van der Waals surface area contributed by atoms with Crippen LogP contribution in [0.3, 0.4) is 0 Å². The summed E-state index contributed by atoms with van der Waals surface area (Å²) in [5.74, 6) is -0.357. The first-order valence-corrected chi connectivity index (χ1v) is 5.41. The van der Waals surface area contributed by atoms with Gasteiger partial charge in [-0.3, -0.25) is 9.78 Å². The van der Waals surface area contributed by atoms with Gasteiger partial charge in [0.2, 0.25) is 6.41 Å². The fraction of sp³-hybridized carbons (Fsp3) is 0.417. The maximum Gasteiger partial charge on any atom is 0.340 e. The van der Waals surface area contributed by atoms with E-state index in [9.17, 15) is 9.59 Å². The van der Waals surface area contributed by atoms with Crippen molar-refractivity contribution in [3.05, 3.63) is 28.6 Å². The summed E-state index contributed by atoms with van der Waals surface area (Å²) in [6.07, 6.45) is 0.617. The second kappa shape index (κ2) is 5.98. The van der Waals surface area contributed by atoms with Crippen LogP contribution in [0.15, 0.2) is 6.07 Å². The van der Waals surface area contributed by atoms with Crippen LogP contribution in [-0.2, 0) is 16.1 Å². The molecular formula is C12H16N2O3. The minimum atomic E-state index is -0.357. The Kier molecular flexibility index (Phi) is 4.63. The van der Waals surface area contributed by atoms with Gasteiger partial charge in [-0.1, -0.05) is 0 Å². The van der Waals surface area contributed by atoms with Gasteiger partial charge in [-0.05, 0) is 32.4 Å². The molecule has 1 rings (SSSR count). The lowest BCUT2D eigenvalue weighted by atomic mass is 10.1. The van der Waals surface area contributed by atoms with Gasteiger partial charge in [0.1, 0.15) is 0 Å². The molecule has 0 atom stereocenters. The molecule has 0 aromatic carbocycles. The summed E-state index contributed by atoms with van der Waals surface area (Å²) in [6, 6.07) is 1.77. The predicted octanol–water partition coefficient (Wildman–Crippen LogP) is 1.12. The van der Waals surface area contributed by atoms with E-state index in [0.29, 0.717) is 30.8 Å². The van der Waals surface area contributed by atoms with Crippen molar-refractivity contribution in [1.82, 2.24) is 10.3 Å². The fourth-order valence-electron chi connectivity index (χ4n) is 1.66. The summed E-state index contributed by atoms with van der Waals surface area (Å²) in [4.78, 5) is 26.1. The number of esters is 1. The van der Waals surface area contributed by atoms with Crippen molar-refractivity contribution in [2.45, 2.75) is 27.3 Å². The number of pyridine rings is 1. The number of aromatic nitrogens is 1. The van der Waals surface area contributed by atoms with E-state index in [1.165, 1.54) is 0 Å². The van der Waals surface area contributed by atoms with E-state index in [-0.39, 0.29) is 5.97 Å². The molecular weight excluding hydrogens is 220 g/mol. The molecule has 0 spiro atoms. The first-order chi connectivity index (χ1) is 8.10. The minimum Gasteiger partial charge on any atom is -0.462 e. The molecule has 5 nitrogen and oxygen atoms in total. The molecule has 0 aliphatic heterocycles.